The first kappa shape index (κ1) is 13.5. The summed E-state index contributed by atoms with van der Waals surface area (Å²) in [5.74, 6) is 0.198. The number of aliphatic hydroxyl groups is 1. The Morgan fingerprint density at radius 1 is 1.31 bits per heavy atom. The molecule has 0 amide bonds. The van der Waals surface area contributed by atoms with Crippen LogP contribution in [0.2, 0.25) is 5.02 Å². The molecule has 3 heteroatoms. The SMILES string of the molecule is CC(C)CCCC(O)c1ccc(F)c(Cl)c1. The van der Waals surface area contributed by atoms with Gasteiger partial charge in [-0.05, 0) is 30.0 Å². The van der Waals surface area contributed by atoms with E-state index in [4.69, 9.17) is 11.6 Å². The highest BCUT2D eigenvalue weighted by molar-refractivity contribution is 6.30. The van der Waals surface area contributed by atoms with Crippen LogP contribution in [0.4, 0.5) is 4.39 Å². The van der Waals surface area contributed by atoms with Crippen molar-refractivity contribution in [3.05, 3.63) is 34.6 Å². The predicted molar refractivity (Wildman–Crippen MR) is 65.1 cm³/mol. The summed E-state index contributed by atoms with van der Waals surface area (Å²) in [6, 6.07) is 4.38. The van der Waals surface area contributed by atoms with Crippen LogP contribution in [-0.2, 0) is 0 Å². The van der Waals surface area contributed by atoms with Gasteiger partial charge < -0.3 is 5.11 Å². The van der Waals surface area contributed by atoms with Crippen LogP contribution in [0.3, 0.4) is 0 Å². The zero-order valence-electron chi connectivity index (χ0n) is 9.71. The molecule has 0 aliphatic rings. The molecule has 0 heterocycles. The van der Waals surface area contributed by atoms with E-state index in [1.54, 1.807) is 6.07 Å². The van der Waals surface area contributed by atoms with Crippen molar-refractivity contribution in [2.45, 2.75) is 39.2 Å². The minimum absolute atomic E-state index is 0.0698. The van der Waals surface area contributed by atoms with Gasteiger partial charge in [0.25, 0.3) is 0 Å². The molecular formula is C13H18ClFO. The summed E-state index contributed by atoms with van der Waals surface area (Å²) >= 11 is 5.66. The fourth-order valence-electron chi connectivity index (χ4n) is 1.61. The molecule has 1 aromatic rings. The largest absolute Gasteiger partial charge is 0.388 e. The van der Waals surface area contributed by atoms with Crippen molar-refractivity contribution in [2.75, 3.05) is 0 Å². The van der Waals surface area contributed by atoms with Gasteiger partial charge in [-0.2, -0.15) is 0 Å². The molecule has 1 aromatic carbocycles. The molecule has 0 aliphatic heterocycles. The Balaban J connectivity index is 2.52. The fourth-order valence-corrected chi connectivity index (χ4v) is 1.79. The molecule has 1 atom stereocenters. The van der Waals surface area contributed by atoms with E-state index in [1.807, 2.05) is 0 Å². The molecule has 0 aromatic heterocycles. The van der Waals surface area contributed by atoms with Crippen molar-refractivity contribution in [1.82, 2.24) is 0 Å². The second-order valence-electron chi connectivity index (χ2n) is 4.51. The first-order valence-corrected chi connectivity index (χ1v) is 6.01. The van der Waals surface area contributed by atoms with Crippen LogP contribution in [0.25, 0.3) is 0 Å². The summed E-state index contributed by atoms with van der Waals surface area (Å²) in [6.07, 6.45) is 2.21. The highest BCUT2D eigenvalue weighted by Crippen LogP contribution is 2.24. The van der Waals surface area contributed by atoms with Gasteiger partial charge in [0.2, 0.25) is 0 Å². The third kappa shape index (κ3) is 4.11. The van der Waals surface area contributed by atoms with E-state index in [2.05, 4.69) is 13.8 Å². The standard InChI is InChI=1S/C13H18ClFO/c1-9(2)4-3-5-13(16)10-6-7-12(15)11(14)8-10/h6-9,13,16H,3-5H2,1-2H3. The molecule has 0 spiro atoms. The van der Waals surface area contributed by atoms with E-state index in [9.17, 15) is 9.50 Å². The number of hydrogen-bond donors (Lipinski definition) is 1. The average Bonchev–Trinajstić information content (AvgIpc) is 2.21. The van der Waals surface area contributed by atoms with Crippen molar-refractivity contribution in [2.24, 2.45) is 5.92 Å². The number of hydrogen-bond acceptors (Lipinski definition) is 1. The number of rotatable bonds is 5. The van der Waals surface area contributed by atoms with Crippen LogP contribution in [0.5, 0.6) is 0 Å². The third-order valence-electron chi connectivity index (χ3n) is 2.59. The Bertz CT molecular complexity index is 339. The molecule has 0 aliphatic carbocycles. The summed E-state index contributed by atoms with van der Waals surface area (Å²) < 4.78 is 12.9. The zero-order chi connectivity index (χ0) is 12.1. The van der Waals surface area contributed by atoms with E-state index in [0.717, 1.165) is 12.8 Å². The van der Waals surface area contributed by atoms with E-state index in [1.165, 1.54) is 12.1 Å². The van der Waals surface area contributed by atoms with Crippen molar-refractivity contribution >= 4 is 11.6 Å². The summed E-state index contributed by atoms with van der Waals surface area (Å²) in [5, 5.41) is 9.94. The lowest BCUT2D eigenvalue weighted by atomic mass is 10.0. The van der Waals surface area contributed by atoms with E-state index in [-0.39, 0.29) is 5.02 Å². The third-order valence-corrected chi connectivity index (χ3v) is 2.88. The van der Waals surface area contributed by atoms with Gasteiger partial charge in [-0.25, -0.2) is 4.39 Å². The zero-order valence-corrected chi connectivity index (χ0v) is 10.5. The van der Waals surface area contributed by atoms with Crippen LogP contribution in [0.15, 0.2) is 18.2 Å². The molecule has 0 saturated carbocycles. The number of benzene rings is 1. The Hall–Kier alpha value is -0.600. The smallest absolute Gasteiger partial charge is 0.141 e. The summed E-state index contributed by atoms with van der Waals surface area (Å²) in [6.45, 7) is 4.31. The monoisotopic (exact) mass is 244 g/mol. The first-order chi connectivity index (χ1) is 7.50. The molecule has 0 radical (unpaired) electrons. The van der Waals surface area contributed by atoms with Gasteiger partial charge in [0, 0.05) is 0 Å². The summed E-state index contributed by atoms with van der Waals surface area (Å²) in [4.78, 5) is 0. The van der Waals surface area contributed by atoms with E-state index < -0.39 is 11.9 Å². The molecule has 0 saturated heterocycles. The van der Waals surface area contributed by atoms with Gasteiger partial charge in [0.15, 0.2) is 0 Å². The van der Waals surface area contributed by atoms with Gasteiger partial charge in [0.05, 0.1) is 11.1 Å². The van der Waals surface area contributed by atoms with Crippen molar-refractivity contribution in [3.8, 4) is 0 Å². The van der Waals surface area contributed by atoms with Crippen LogP contribution in [0.1, 0.15) is 44.8 Å². The van der Waals surface area contributed by atoms with Gasteiger partial charge in [-0.3, -0.25) is 0 Å². The van der Waals surface area contributed by atoms with Crippen LogP contribution in [-0.4, -0.2) is 5.11 Å². The highest BCUT2D eigenvalue weighted by atomic mass is 35.5. The lowest BCUT2D eigenvalue weighted by molar-refractivity contribution is 0.162. The van der Waals surface area contributed by atoms with Crippen LogP contribution < -0.4 is 0 Å². The lowest BCUT2D eigenvalue weighted by Gasteiger charge is -2.12. The second kappa shape index (κ2) is 6.21. The maximum Gasteiger partial charge on any atom is 0.141 e. The van der Waals surface area contributed by atoms with Gasteiger partial charge in [-0.1, -0.05) is 44.4 Å². The second-order valence-corrected chi connectivity index (χ2v) is 4.92. The highest BCUT2D eigenvalue weighted by Gasteiger charge is 2.10. The quantitative estimate of drug-likeness (QED) is 0.817. The molecular weight excluding hydrogens is 227 g/mol. The van der Waals surface area contributed by atoms with Gasteiger partial charge in [0.1, 0.15) is 5.82 Å². The normalized spacial score (nSPS) is 13.1. The molecule has 1 rings (SSSR count). The fraction of sp³-hybridized carbons (Fsp3) is 0.538. The minimum Gasteiger partial charge on any atom is -0.388 e. The topological polar surface area (TPSA) is 20.2 Å². The summed E-state index contributed by atoms with van der Waals surface area (Å²) in [7, 11) is 0. The predicted octanol–water partition coefficient (Wildman–Crippen LogP) is 4.34. The van der Waals surface area contributed by atoms with E-state index >= 15 is 0 Å². The number of aliphatic hydroxyl groups excluding tert-OH is 1. The maximum absolute atomic E-state index is 12.9. The van der Waals surface area contributed by atoms with Crippen molar-refractivity contribution in [1.29, 1.82) is 0 Å². The summed E-state index contributed by atoms with van der Waals surface area (Å²) in [5.41, 5.74) is 0.690. The average molecular weight is 245 g/mol. The van der Waals surface area contributed by atoms with Crippen LogP contribution >= 0.6 is 11.6 Å². The van der Waals surface area contributed by atoms with Crippen molar-refractivity contribution in [3.63, 3.8) is 0 Å². The Morgan fingerprint density at radius 2 is 2.00 bits per heavy atom. The van der Waals surface area contributed by atoms with Gasteiger partial charge in [-0.15, -0.1) is 0 Å². The molecule has 1 N–H and O–H groups in total. The van der Waals surface area contributed by atoms with Crippen LogP contribution in [0, 0.1) is 11.7 Å². The molecule has 1 nitrogen and oxygen atoms in total. The molecule has 16 heavy (non-hydrogen) atoms. The first-order valence-electron chi connectivity index (χ1n) is 5.63. The molecule has 90 valence electrons. The Kier molecular flexibility index (Phi) is 5.23. The number of halogens is 2. The van der Waals surface area contributed by atoms with Gasteiger partial charge >= 0.3 is 0 Å². The minimum atomic E-state index is -0.545. The molecule has 0 fully saturated rings. The lowest BCUT2D eigenvalue weighted by Crippen LogP contribution is -1.99. The van der Waals surface area contributed by atoms with E-state index in [0.29, 0.717) is 17.9 Å². The maximum atomic E-state index is 12.9. The Morgan fingerprint density at radius 3 is 2.56 bits per heavy atom. The molecule has 1 unspecified atom stereocenters. The molecule has 0 bridgehead atoms. The van der Waals surface area contributed by atoms with Crippen molar-refractivity contribution < 1.29 is 9.50 Å². The Labute approximate surface area is 101 Å².